The van der Waals surface area contributed by atoms with E-state index in [9.17, 15) is 10.2 Å². The Morgan fingerprint density at radius 2 is 1.44 bits per heavy atom. The summed E-state index contributed by atoms with van der Waals surface area (Å²) in [6.07, 6.45) is 1.13. The van der Waals surface area contributed by atoms with Crippen molar-refractivity contribution >= 4 is 0 Å². The fourth-order valence-corrected chi connectivity index (χ4v) is 1.61. The van der Waals surface area contributed by atoms with E-state index in [1.807, 2.05) is 31.2 Å². The minimum absolute atomic E-state index is 0.555. The zero-order valence-corrected chi connectivity index (χ0v) is 10.6. The molecule has 2 N–H and O–H groups in total. The van der Waals surface area contributed by atoms with Crippen molar-refractivity contribution in [1.29, 1.82) is 0 Å². The molecule has 0 aliphatic rings. The van der Waals surface area contributed by atoms with Crippen molar-refractivity contribution in [2.75, 3.05) is 0 Å². The molecule has 0 aliphatic carbocycles. The second-order valence-electron chi connectivity index (χ2n) is 5.45. The summed E-state index contributed by atoms with van der Waals surface area (Å²) in [5.74, 6) is 0. The predicted octanol–water partition coefficient (Wildman–Crippen LogP) is 2.75. The van der Waals surface area contributed by atoms with Gasteiger partial charge in [0.15, 0.2) is 0 Å². The molecule has 90 valence electrons. The number of aliphatic hydroxyl groups is 2. The van der Waals surface area contributed by atoms with E-state index in [-0.39, 0.29) is 0 Å². The molecule has 1 rings (SSSR count). The summed E-state index contributed by atoms with van der Waals surface area (Å²) in [6, 6.07) is 7.88. The quantitative estimate of drug-likeness (QED) is 0.822. The third kappa shape index (κ3) is 3.95. The first-order valence-electron chi connectivity index (χ1n) is 5.73. The largest absolute Gasteiger partial charge is 0.390 e. The molecule has 1 aromatic rings. The predicted molar refractivity (Wildman–Crippen MR) is 66.3 cm³/mol. The Balaban J connectivity index is 2.73. The highest BCUT2D eigenvalue weighted by atomic mass is 16.3. The number of hydrogen-bond acceptors (Lipinski definition) is 2. The van der Waals surface area contributed by atoms with E-state index in [4.69, 9.17) is 0 Å². The van der Waals surface area contributed by atoms with Crippen LogP contribution in [0.15, 0.2) is 24.3 Å². The smallest absolute Gasteiger partial charge is 0.0869 e. The highest BCUT2D eigenvalue weighted by Gasteiger charge is 2.26. The molecule has 0 fully saturated rings. The molecule has 2 nitrogen and oxygen atoms in total. The van der Waals surface area contributed by atoms with Crippen molar-refractivity contribution in [1.82, 2.24) is 0 Å². The van der Waals surface area contributed by atoms with Gasteiger partial charge in [0.25, 0.3) is 0 Å². The van der Waals surface area contributed by atoms with Gasteiger partial charge in [0.2, 0.25) is 0 Å². The number of benzene rings is 1. The van der Waals surface area contributed by atoms with E-state index < -0.39 is 11.2 Å². The molecular formula is C14H22O2. The van der Waals surface area contributed by atoms with Crippen molar-refractivity contribution in [3.8, 4) is 0 Å². The van der Waals surface area contributed by atoms with Crippen molar-refractivity contribution in [2.45, 2.75) is 51.7 Å². The molecule has 0 saturated carbocycles. The van der Waals surface area contributed by atoms with Crippen LogP contribution >= 0.6 is 0 Å². The maximum Gasteiger partial charge on any atom is 0.0869 e. The van der Waals surface area contributed by atoms with Crippen LogP contribution in [-0.2, 0) is 5.60 Å². The van der Waals surface area contributed by atoms with Gasteiger partial charge in [0.05, 0.1) is 11.2 Å². The molecule has 0 amide bonds. The van der Waals surface area contributed by atoms with E-state index in [0.717, 1.165) is 5.56 Å². The summed E-state index contributed by atoms with van der Waals surface area (Å²) in [7, 11) is 0. The second kappa shape index (κ2) is 4.56. The highest BCUT2D eigenvalue weighted by molar-refractivity contribution is 5.25. The summed E-state index contributed by atoms with van der Waals surface area (Å²) in [5, 5.41) is 20.0. The zero-order chi connectivity index (χ0) is 12.4. The Labute approximate surface area is 97.9 Å². The molecule has 0 aromatic heterocycles. The Morgan fingerprint density at radius 1 is 0.938 bits per heavy atom. The Morgan fingerprint density at radius 3 is 1.88 bits per heavy atom. The molecule has 0 aliphatic heterocycles. The average molecular weight is 222 g/mol. The first-order valence-corrected chi connectivity index (χ1v) is 5.73. The average Bonchev–Trinajstić information content (AvgIpc) is 2.15. The van der Waals surface area contributed by atoms with Gasteiger partial charge < -0.3 is 10.2 Å². The molecule has 1 unspecified atom stereocenters. The van der Waals surface area contributed by atoms with Gasteiger partial charge in [0, 0.05) is 0 Å². The van der Waals surface area contributed by atoms with Crippen molar-refractivity contribution in [2.24, 2.45) is 0 Å². The molecule has 0 bridgehead atoms. The Bertz CT molecular complexity index is 331. The Hall–Kier alpha value is -0.860. The molecule has 1 aromatic carbocycles. The summed E-state index contributed by atoms with van der Waals surface area (Å²) >= 11 is 0. The summed E-state index contributed by atoms with van der Waals surface area (Å²) in [6.45, 7) is 7.34. The van der Waals surface area contributed by atoms with Crippen LogP contribution in [0.4, 0.5) is 0 Å². The molecule has 1 atom stereocenters. The lowest BCUT2D eigenvalue weighted by Gasteiger charge is -2.27. The summed E-state index contributed by atoms with van der Waals surface area (Å²) < 4.78 is 0. The number of hydrogen-bond donors (Lipinski definition) is 2. The molecule has 0 spiro atoms. The SMILES string of the molecule is Cc1ccc(C(C)(O)CCC(C)(C)O)cc1. The van der Waals surface area contributed by atoms with Gasteiger partial charge in [-0.3, -0.25) is 0 Å². The van der Waals surface area contributed by atoms with Gasteiger partial charge in [-0.1, -0.05) is 29.8 Å². The molecule has 16 heavy (non-hydrogen) atoms. The normalized spacial score (nSPS) is 15.9. The van der Waals surface area contributed by atoms with Gasteiger partial charge in [-0.05, 0) is 46.1 Å². The van der Waals surface area contributed by atoms with Crippen molar-refractivity contribution < 1.29 is 10.2 Å². The minimum Gasteiger partial charge on any atom is -0.390 e. The van der Waals surface area contributed by atoms with E-state index in [0.29, 0.717) is 12.8 Å². The fraction of sp³-hybridized carbons (Fsp3) is 0.571. The van der Waals surface area contributed by atoms with Crippen molar-refractivity contribution in [3.05, 3.63) is 35.4 Å². The highest BCUT2D eigenvalue weighted by Crippen LogP contribution is 2.28. The molecule has 2 heteroatoms. The fourth-order valence-electron chi connectivity index (χ4n) is 1.61. The minimum atomic E-state index is -0.867. The van der Waals surface area contributed by atoms with Crippen LogP contribution in [0.2, 0.25) is 0 Å². The van der Waals surface area contributed by atoms with Crippen LogP contribution in [0.1, 0.15) is 44.7 Å². The van der Waals surface area contributed by atoms with E-state index >= 15 is 0 Å². The molecule has 0 heterocycles. The standard InChI is InChI=1S/C14H22O2/c1-11-5-7-12(8-6-11)14(4,16)10-9-13(2,3)15/h5-8,15-16H,9-10H2,1-4H3. The van der Waals surface area contributed by atoms with E-state index in [1.54, 1.807) is 20.8 Å². The Kier molecular flexibility index (Phi) is 3.76. The maximum absolute atomic E-state index is 10.3. The van der Waals surface area contributed by atoms with Crippen LogP contribution in [0.25, 0.3) is 0 Å². The van der Waals surface area contributed by atoms with Crippen molar-refractivity contribution in [3.63, 3.8) is 0 Å². The van der Waals surface area contributed by atoms with Gasteiger partial charge in [-0.2, -0.15) is 0 Å². The third-order valence-corrected chi connectivity index (χ3v) is 2.90. The third-order valence-electron chi connectivity index (χ3n) is 2.90. The molecular weight excluding hydrogens is 200 g/mol. The van der Waals surface area contributed by atoms with Crippen LogP contribution in [-0.4, -0.2) is 15.8 Å². The number of aryl methyl sites for hydroxylation is 1. The van der Waals surface area contributed by atoms with Crippen LogP contribution in [0.3, 0.4) is 0 Å². The lowest BCUT2D eigenvalue weighted by Crippen LogP contribution is -2.27. The summed E-state index contributed by atoms with van der Waals surface area (Å²) in [5.41, 5.74) is 0.493. The van der Waals surface area contributed by atoms with Crippen LogP contribution < -0.4 is 0 Å². The zero-order valence-electron chi connectivity index (χ0n) is 10.6. The van der Waals surface area contributed by atoms with Gasteiger partial charge in [-0.25, -0.2) is 0 Å². The number of rotatable bonds is 4. The van der Waals surface area contributed by atoms with Gasteiger partial charge in [0.1, 0.15) is 0 Å². The first-order chi connectivity index (χ1) is 7.21. The lowest BCUT2D eigenvalue weighted by molar-refractivity contribution is 0.00347. The van der Waals surface area contributed by atoms with E-state index in [1.165, 1.54) is 5.56 Å². The topological polar surface area (TPSA) is 40.5 Å². The monoisotopic (exact) mass is 222 g/mol. The maximum atomic E-state index is 10.3. The van der Waals surface area contributed by atoms with Gasteiger partial charge in [-0.15, -0.1) is 0 Å². The van der Waals surface area contributed by atoms with E-state index in [2.05, 4.69) is 0 Å². The van der Waals surface area contributed by atoms with Crippen LogP contribution in [0, 0.1) is 6.92 Å². The first kappa shape index (κ1) is 13.2. The van der Waals surface area contributed by atoms with Gasteiger partial charge >= 0.3 is 0 Å². The van der Waals surface area contributed by atoms with Crippen LogP contribution in [0.5, 0.6) is 0 Å². The summed E-state index contributed by atoms with van der Waals surface area (Å²) in [4.78, 5) is 0. The molecule has 0 saturated heterocycles. The lowest BCUT2D eigenvalue weighted by atomic mass is 9.87. The molecule has 0 radical (unpaired) electrons. The second-order valence-corrected chi connectivity index (χ2v) is 5.45.